The van der Waals surface area contributed by atoms with E-state index in [0.29, 0.717) is 13.0 Å². The molecular formula is C12H19F2NO3. The molecule has 0 heterocycles. The minimum atomic E-state index is -2.63. The van der Waals surface area contributed by atoms with Crippen molar-refractivity contribution < 1.29 is 23.5 Å². The Hall–Kier alpha value is -1.20. The topological polar surface area (TPSA) is 57.6 Å². The monoisotopic (exact) mass is 263 g/mol. The highest BCUT2D eigenvalue weighted by Gasteiger charge is 2.38. The Balaban J connectivity index is 2.33. The number of halogens is 2. The first-order chi connectivity index (χ1) is 8.32. The van der Waals surface area contributed by atoms with Crippen molar-refractivity contribution in [2.75, 3.05) is 13.6 Å². The molecule has 0 bridgehead atoms. The molecule has 0 radical (unpaired) electrons. The number of amides is 1. The minimum absolute atomic E-state index is 0.0142. The van der Waals surface area contributed by atoms with Crippen molar-refractivity contribution in [3.63, 3.8) is 0 Å². The fourth-order valence-electron chi connectivity index (χ4n) is 2.18. The zero-order valence-corrected chi connectivity index (χ0v) is 10.5. The second-order valence-electron chi connectivity index (χ2n) is 4.89. The molecule has 0 aromatic carbocycles. The molecule has 18 heavy (non-hydrogen) atoms. The standard InChI is InChI=1S/C12H19F2NO3/c1-15(8-2-3-10(16)17)11(18)9-4-6-12(13,14)7-5-9/h9H,2-8H2,1H3,(H,16,17). The molecule has 0 aliphatic heterocycles. The number of hydrogen-bond donors (Lipinski definition) is 1. The molecule has 0 aromatic heterocycles. The molecule has 0 atom stereocenters. The van der Waals surface area contributed by atoms with Gasteiger partial charge in [0.1, 0.15) is 0 Å². The molecule has 1 rings (SSSR count). The minimum Gasteiger partial charge on any atom is -0.481 e. The van der Waals surface area contributed by atoms with Crippen LogP contribution in [0.5, 0.6) is 0 Å². The molecule has 0 aromatic rings. The first-order valence-electron chi connectivity index (χ1n) is 6.16. The quantitative estimate of drug-likeness (QED) is 0.826. The van der Waals surface area contributed by atoms with Crippen LogP contribution >= 0.6 is 0 Å². The number of carboxylic acids is 1. The van der Waals surface area contributed by atoms with E-state index in [1.807, 2.05) is 0 Å². The Bertz CT molecular complexity index is 310. The van der Waals surface area contributed by atoms with Gasteiger partial charge in [0, 0.05) is 38.8 Å². The molecule has 0 unspecified atom stereocenters. The number of carboxylic acid groups (broad SMARTS) is 1. The zero-order valence-electron chi connectivity index (χ0n) is 10.5. The molecule has 0 spiro atoms. The highest BCUT2D eigenvalue weighted by atomic mass is 19.3. The van der Waals surface area contributed by atoms with Gasteiger partial charge in [-0.05, 0) is 19.3 Å². The van der Waals surface area contributed by atoms with E-state index in [-0.39, 0.29) is 43.9 Å². The van der Waals surface area contributed by atoms with Crippen molar-refractivity contribution in [1.82, 2.24) is 4.90 Å². The third-order valence-corrected chi connectivity index (χ3v) is 3.33. The van der Waals surface area contributed by atoms with Crippen LogP contribution in [0.3, 0.4) is 0 Å². The summed E-state index contributed by atoms with van der Waals surface area (Å²) in [6.45, 7) is 0.359. The maximum Gasteiger partial charge on any atom is 0.303 e. The van der Waals surface area contributed by atoms with Crippen molar-refractivity contribution in [1.29, 1.82) is 0 Å². The normalized spacial score (nSPS) is 19.5. The number of hydrogen-bond acceptors (Lipinski definition) is 2. The van der Waals surface area contributed by atoms with Gasteiger partial charge in [0.15, 0.2) is 0 Å². The van der Waals surface area contributed by atoms with Gasteiger partial charge in [-0.15, -0.1) is 0 Å². The summed E-state index contributed by atoms with van der Waals surface area (Å²) in [5.74, 6) is -4.00. The van der Waals surface area contributed by atoms with Crippen molar-refractivity contribution in [3.05, 3.63) is 0 Å². The molecule has 4 nitrogen and oxygen atoms in total. The summed E-state index contributed by atoms with van der Waals surface area (Å²) in [6.07, 6.45) is 0.379. The molecule has 104 valence electrons. The smallest absolute Gasteiger partial charge is 0.303 e. The van der Waals surface area contributed by atoms with Gasteiger partial charge in [-0.2, -0.15) is 0 Å². The van der Waals surface area contributed by atoms with Crippen LogP contribution in [-0.4, -0.2) is 41.4 Å². The van der Waals surface area contributed by atoms with E-state index in [0.717, 1.165) is 0 Å². The third-order valence-electron chi connectivity index (χ3n) is 3.33. The lowest BCUT2D eigenvalue weighted by Gasteiger charge is -2.30. The predicted octanol–water partition coefficient (Wildman–Crippen LogP) is 2.14. The number of nitrogens with zero attached hydrogens (tertiary/aromatic N) is 1. The maximum absolute atomic E-state index is 12.9. The predicted molar refractivity (Wildman–Crippen MR) is 61.4 cm³/mol. The molecular weight excluding hydrogens is 244 g/mol. The van der Waals surface area contributed by atoms with E-state index in [2.05, 4.69) is 0 Å². The lowest BCUT2D eigenvalue weighted by atomic mass is 9.86. The summed E-state index contributed by atoms with van der Waals surface area (Å²) < 4.78 is 25.9. The van der Waals surface area contributed by atoms with Gasteiger partial charge >= 0.3 is 5.97 Å². The van der Waals surface area contributed by atoms with Gasteiger partial charge in [-0.1, -0.05) is 0 Å². The SMILES string of the molecule is CN(CCCC(=O)O)C(=O)C1CCC(F)(F)CC1. The van der Waals surface area contributed by atoms with Gasteiger partial charge in [-0.3, -0.25) is 9.59 Å². The lowest BCUT2D eigenvalue weighted by Crippen LogP contribution is -2.37. The number of alkyl halides is 2. The molecule has 1 aliphatic rings. The fraction of sp³-hybridized carbons (Fsp3) is 0.833. The summed E-state index contributed by atoms with van der Waals surface area (Å²) >= 11 is 0. The van der Waals surface area contributed by atoms with Crippen molar-refractivity contribution in [2.45, 2.75) is 44.4 Å². The van der Waals surface area contributed by atoms with Crippen LogP contribution in [0.1, 0.15) is 38.5 Å². The molecule has 1 amide bonds. The summed E-state index contributed by atoms with van der Waals surface area (Å²) in [7, 11) is 1.59. The van der Waals surface area contributed by atoms with Crippen molar-refractivity contribution in [2.24, 2.45) is 5.92 Å². The average Bonchev–Trinajstić information content (AvgIpc) is 2.27. The summed E-state index contributed by atoms with van der Waals surface area (Å²) in [5.41, 5.74) is 0. The van der Waals surface area contributed by atoms with Crippen LogP contribution in [-0.2, 0) is 9.59 Å². The Morgan fingerprint density at radius 3 is 2.39 bits per heavy atom. The maximum atomic E-state index is 12.9. The number of aliphatic carboxylic acids is 1. The molecule has 1 N–H and O–H groups in total. The van der Waals surface area contributed by atoms with Crippen molar-refractivity contribution >= 4 is 11.9 Å². The Labute approximate surface area is 105 Å². The average molecular weight is 263 g/mol. The largest absolute Gasteiger partial charge is 0.481 e. The summed E-state index contributed by atoms with van der Waals surface area (Å²) in [5, 5.41) is 8.48. The molecule has 1 aliphatic carbocycles. The lowest BCUT2D eigenvalue weighted by molar-refractivity contribution is -0.140. The number of rotatable bonds is 5. The molecule has 0 saturated heterocycles. The Kier molecular flexibility index (Phi) is 5.04. The molecule has 1 saturated carbocycles. The van der Waals surface area contributed by atoms with E-state index in [1.165, 1.54) is 4.90 Å². The van der Waals surface area contributed by atoms with Gasteiger partial charge in [0.25, 0.3) is 0 Å². The highest BCUT2D eigenvalue weighted by molar-refractivity contribution is 5.78. The van der Waals surface area contributed by atoms with E-state index in [9.17, 15) is 18.4 Å². The Morgan fingerprint density at radius 1 is 1.33 bits per heavy atom. The van der Waals surface area contributed by atoms with Gasteiger partial charge in [0.05, 0.1) is 0 Å². The highest BCUT2D eigenvalue weighted by Crippen LogP contribution is 2.36. The van der Waals surface area contributed by atoms with Crippen LogP contribution < -0.4 is 0 Å². The third kappa shape index (κ3) is 4.58. The summed E-state index contributed by atoms with van der Waals surface area (Å²) in [4.78, 5) is 23.7. The van der Waals surface area contributed by atoms with Crippen LogP contribution in [0.25, 0.3) is 0 Å². The van der Waals surface area contributed by atoms with E-state index in [4.69, 9.17) is 5.11 Å². The second kappa shape index (κ2) is 6.11. The first kappa shape index (κ1) is 14.9. The van der Waals surface area contributed by atoms with Gasteiger partial charge < -0.3 is 10.0 Å². The van der Waals surface area contributed by atoms with Gasteiger partial charge in [0.2, 0.25) is 11.8 Å². The zero-order chi connectivity index (χ0) is 13.8. The van der Waals surface area contributed by atoms with Crippen LogP contribution in [0, 0.1) is 5.92 Å². The number of carbonyl (C=O) groups is 2. The van der Waals surface area contributed by atoms with Gasteiger partial charge in [-0.25, -0.2) is 8.78 Å². The van der Waals surface area contributed by atoms with Crippen LogP contribution in [0.15, 0.2) is 0 Å². The first-order valence-corrected chi connectivity index (χ1v) is 6.16. The Morgan fingerprint density at radius 2 is 1.89 bits per heavy atom. The molecule has 6 heteroatoms. The summed E-state index contributed by atoms with van der Waals surface area (Å²) in [6, 6.07) is 0. The fourth-order valence-corrected chi connectivity index (χ4v) is 2.18. The van der Waals surface area contributed by atoms with E-state index in [1.54, 1.807) is 7.05 Å². The van der Waals surface area contributed by atoms with E-state index >= 15 is 0 Å². The second-order valence-corrected chi connectivity index (χ2v) is 4.89. The van der Waals surface area contributed by atoms with E-state index < -0.39 is 11.9 Å². The molecule has 1 fully saturated rings. The number of carbonyl (C=O) groups excluding carboxylic acids is 1. The van der Waals surface area contributed by atoms with Crippen LogP contribution in [0.4, 0.5) is 8.78 Å². The van der Waals surface area contributed by atoms with Crippen molar-refractivity contribution in [3.8, 4) is 0 Å². The van der Waals surface area contributed by atoms with Crippen LogP contribution in [0.2, 0.25) is 0 Å².